The number of carbonyl (C=O) groups is 1. The molecule has 0 aliphatic carbocycles. The molecule has 4 nitrogen and oxygen atoms in total. The molecule has 3 rings (SSSR count). The van der Waals surface area contributed by atoms with Crippen molar-refractivity contribution in [2.75, 3.05) is 10.6 Å². The van der Waals surface area contributed by atoms with Crippen molar-refractivity contribution in [3.8, 4) is 0 Å². The second kappa shape index (κ2) is 7.49. The number of anilines is 3. The highest BCUT2D eigenvalue weighted by Crippen LogP contribution is 2.23. The molecule has 0 unspecified atom stereocenters. The molecule has 0 fully saturated rings. The number of hydrogen-bond donors (Lipinski definition) is 2. The van der Waals surface area contributed by atoms with Crippen LogP contribution in [0.3, 0.4) is 0 Å². The van der Waals surface area contributed by atoms with Gasteiger partial charge in [-0.15, -0.1) is 0 Å². The van der Waals surface area contributed by atoms with Gasteiger partial charge in [-0.25, -0.2) is 4.98 Å². The van der Waals surface area contributed by atoms with Gasteiger partial charge in [0.25, 0.3) is 5.91 Å². The Balaban J connectivity index is 1.70. The highest BCUT2D eigenvalue weighted by Gasteiger charge is 2.09. The molecule has 25 heavy (non-hydrogen) atoms. The first-order chi connectivity index (χ1) is 12.0. The first-order valence-corrected chi connectivity index (χ1v) is 8.68. The number of hydrogen-bond acceptors (Lipinski definition) is 3. The lowest BCUT2D eigenvalue weighted by molar-refractivity contribution is 0.102. The van der Waals surface area contributed by atoms with E-state index in [1.54, 1.807) is 6.20 Å². The van der Waals surface area contributed by atoms with Crippen molar-refractivity contribution in [1.29, 1.82) is 0 Å². The van der Waals surface area contributed by atoms with E-state index in [4.69, 9.17) is 0 Å². The van der Waals surface area contributed by atoms with Gasteiger partial charge in [-0.2, -0.15) is 0 Å². The molecule has 0 spiro atoms. The topological polar surface area (TPSA) is 54.0 Å². The summed E-state index contributed by atoms with van der Waals surface area (Å²) in [6, 6.07) is 17.2. The van der Waals surface area contributed by atoms with E-state index in [2.05, 4.69) is 31.5 Å². The van der Waals surface area contributed by atoms with E-state index in [-0.39, 0.29) is 5.91 Å². The zero-order valence-corrected chi connectivity index (χ0v) is 15.6. The van der Waals surface area contributed by atoms with Crippen LogP contribution >= 0.6 is 15.9 Å². The highest BCUT2D eigenvalue weighted by atomic mass is 79.9. The number of nitrogens with one attached hydrogen (secondary N) is 2. The smallest absolute Gasteiger partial charge is 0.255 e. The maximum absolute atomic E-state index is 12.3. The fourth-order valence-electron chi connectivity index (χ4n) is 2.47. The van der Waals surface area contributed by atoms with Crippen LogP contribution in [0.1, 0.15) is 21.5 Å². The molecular weight excluding hydrogens is 378 g/mol. The Labute approximate surface area is 155 Å². The zero-order chi connectivity index (χ0) is 17.8. The van der Waals surface area contributed by atoms with Gasteiger partial charge in [0.15, 0.2) is 0 Å². The summed E-state index contributed by atoms with van der Waals surface area (Å²) >= 11 is 3.45. The summed E-state index contributed by atoms with van der Waals surface area (Å²) in [6.45, 7) is 3.95. The van der Waals surface area contributed by atoms with E-state index < -0.39 is 0 Å². The van der Waals surface area contributed by atoms with E-state index in [0.717, 1.165) is 27.1 Å². The Morgan fingerprint density at radius 3 is 2.48 bits per heavy atom. The Kier molecular flexibility index (Phi) is 5.14. The van der Waals surface area contributed by atoms with Crippen LogP contribution in [0.5, 0.6) is 0 Å². The van der Waals surface area contributed by atoms with Crippen LogP contribution in [-0.4, -0.2) is 10.9 Å². The average molecular weight is 396 g/mol. The molecule has 0 atom stereocenters. The molecule has 0 aliphatic rings. The fourth-order valence-corrected chi connectivity index (χ4v) is 2.95. The molecule has 126 valence electrons. The largest absolute Gasteiger partial charge is 0.340 e. The summed E-state index contributed by atoms with van der Waals surface area (Å²) in [5, 5.41) is 6.15. The number of aryl methyl sites for hydroxylation is 2. The third kappa shape index (κ3) is 4.25. The zero-order valence-electron chi connectivity index (χ0n) is 14.0. The summed E-state index contributed by atoms with van der Waals surface area (Å²) in [5.74, 6) is 0.587. The molecule has 0 aliphatic heterocycles. The molecule has 1 aromatic heterocycles. The van der Waals surface area contributed by atoms with Crippen molar-refractivity contribution < 1.29 is 4.79 Å². The number of nitrogens with zero attached hydrogens (tertiary/aromatic N) is 1. The maximum atomic E-state index is 12.3. The Bertz CT molecular complexity index is 907. The van der Waals surface area contributed by atoms with Crippen molar-refractivity contribution in [2.24, 2.45) is 0 Å². The molecule has 0 saturated carbocycles. The molecular formula is C20H18BrN3O. The lowest BCUT2D eigenvalue weighted by Crippen LogP contribution is -2.13. The van der Waals surface area contributed by atoms with Crippen LogP contribution < -0.4 is 10.6 Å². The van der Waals surface area contributed by atoms with Crippen molar-refractivity contribution >= 4 is 39.0 Å². The third-order valence-electron chi connectivity index (χ3n) is 3.86. The van der Waals surface area contributed by atoms with Crippen LogP contribution in [0, 0.1) is 13.8 Å². The standard InChI is InChI=1S/C20H18BrN3O/c1-13-5-3-4-6-17(13)20(25)23-16-8-10-19(22-12-16)24-18-9-7-15(21)11-14(18)2/h3-12H,1-2H3,(H,22,24)(H,23,25). The van der Waals surface area contributed by atoms with Crippen LogP contribution in [0.25, 0.3) is 0 Å². The van der Waals surface area contributed by atoms with Gasteiger partial charge in [0, 0.05) is 15.7 Å². The first kappa shape index (κ1) is 17.2. The van der Waals surface area contributed by atoms with Crippen molar-refractivity contribution in [3.05, 3.63) is 82.0 Å². The van der Waals surface area contributed by atoms with Gasteiger partial charge >= 0.3 is 0 Å². The van der Waals surface area contributed by atoms with Crippen LogP contribution in [0.4, 0.5) is 17.2 Å². The lowest BCUT2D eigenvalue weighted by Gasteiger charge is -2.11. The second-order valence-electron chi connectivity index (χ2n) is 5.79. The summed E-state index contributed by atoms with van der Waals surface area (Å²) in [5.41, 5.74) is 4.37. The number of aromatic nitrogens is 1. The quantitative estimate of drug-likeness (QED) is 0.616. The van der Waals surface area contributed by atoms with Gasteiger partial charge in [0.2, 0.25) is 0 Å². The van der Waals surface area contributed by atoms with Crippen LogP contribution in [0.15, 0.2) is 65.3 Å². The van der Waals surface area contributed by atoms with Gasteiger partial charge in [-0.3, -0.25) is 4.79 Å². The predicted molar refractivity (Wildman–Crippen MR) is 106 cm³/mol. The molecule has 0 saturated heterocycles. The van der Waals surface area contributed by atoms with E-state index in [1.165, 1.54) is 0 Å². The minimum Gasteiger partial charge on any atom is -0.340 e. The maximum Gasteiger partial charge on any atom is 0.255 e. The highest BCUT2D eigenvalue weighted by molar-refractivity contribution is 9.10. The molecule has 2 N–H and O–H groups in total. The molecule has 5 heteroatoms. The van der Waals surface area contributed by atoms with Gasteiger partial charge in [0.1, 0.15) is 5.82 Å². The van der Waals surface area contributed by atoms with E-state index in [1.807, 2.05) is 68.4 Å². The summed E-state index contributed by atoms with van der Waals surface area (Å²) in [4.78, 5) is 16.7. The predicted octanol–water partition coefficient (Wildman–Crippen LogP) is 5.46. The minimum absolute atomic E-state index is 0.135. The molecule has 3 aromatic rings. The van der Waals surface area contributed by atoms with Crippen molar-refractivity contribution in [2.45, 2.75) is 13.8 Å². The summed E-state index contributed by atoms with van der Waals surface area (Å²) < 4.78 is 1.04. The van der Waals surface area contributed by atoms with E-state index in [0.29, 0.717) is 11.3 Å². The van der Waals surface area contributed by atoms with Crippen molar-refractivity contribution in [3.63, 3.8) is 0 Å². The molecule has 2 aromatic carbocycles. The Morgan fingerprint density at radius 2 is 1.80 bits per heavy atom. The number of halogens is 1. The fraction of sp³-hybridized carbons (Fsp3) is 0.100. The molecule has 1 heterocycles. The number of benzene rings is 2. The number of amides is 1. The number of rotatable bonds is 4. The second-order valence-corrected chi connectivity index (χ2v) is 6.70. The van der Waals surface area contributed by atoms with Crippen molar-refractivity contribution in [1.82, 2.24) is 4.98 Å². The van der Waals surface area contributed by atoms with Crippen LogP contribution in [0.2, 0.25) is 0 Å². The third-order valence-corrected chi connectivity index (χ3v) is 4.36. The summed E-state index contributed by atoms with van der Waals surface area (Å²) in [7, 11) is 0. The van der Waals surface area contributed by atoms with Gasteiger partial charge in [0.05, 0.1) is 11.9 Å². The number of pyridine rings is 1. The SMILES string of the molecule is Cc1cc(Br)ccc1Nc1ccc(NC(=O)c2ccccc2C)cn1. The molecule has 0 radical (unpaired) electrons. The lowest BCUT2D eigenvalue weighted by atomic mass is 10.1. The first-order valence-electron chi connectivity index (χ1n) is 7.89. The Hall–Kier alpha value is -2.66. The minimum atomic E-state index is -0.135. The molecule has 1 amide bonds. The monoisotopic (exact) mass is 395 g/mol. The van der Waals surface area contributed by atoms with Gasteiger partial charge in [-0.1, -0.05) is 34.1 Å². The van der Waals surface area contributed by atoms with E-state index in [9.17, 15) is 4.79 Å². The normalized spacial score (nSPS) is 10.4. The van der Waals surface area contributed by atoms with Crippen LogP contribution in [-0.2, 0) is 0 Å². The van der Waals surface area contributed by atoms with Gasteiger partial charge in [-0.05, 0) is 61.4 Å². The number of carbonyl (C=O) groups excluding carboxylic acids is 1. The average Bonchev–Trinajstić information content (AvgIpc) is 2.59. The summed E-state index contributed by atoms with van der Waals surface area (Å²) in [6.07, 6.45) is 1.65. The van der Waals surface area contributed by atoms with Gasteiger partial charge < -0.3 is 10.6 Å². The molecule has 0 bridgehead atoms. The van der Waals surface area contributed by atoms with E-state index >= 15 is 0 Å². The Morgan fingerprint density at radius 1 is 1.00 bits per heavy atom.